The number of hydrogen-bond donors (Lipinski definition) is 1. The summed E-state index contributed by atoms with van der Waals surface area (Å²) in [6.07, 6.45) is 0. The predicted molar refractivity (Wildman–Crippen MR) is 130 cm³/mol. The van der Waals surface area contributed by atoms with E-state index in [1.165, 1.54) is 11.8 Å². The van der Waals surface area contributed by atoms with Crippen molar-refractivity contribution in [2.75, 3.05) is 5.73 Å². The Morgan fingerprint density at radius 3 is 2.00 bits per heavy atom. The molecule has 0 aliphatic carbocycles. The van der Waals surface area contributed by atoms with Gasteiger partial charge in [-0.2, -0.15) is 10.5 Å². The Morgan fingerprint density at radius 1 is 0.788 bits per heavy atom. The van der Waals surface area contributed by atoms with Gasteiger partial charge < -0.3 is 10.5 Å². The zero-order valence-corrected chi connectivity index (χ0v) is 18.5. The van der Waals surface area contributed by atoms with Gasteiger partial charge in [0.15, 0.2) is 0 Å². The molecule has 2 N–H and O–H groups in total. The molecule has 6 heteroatoms. The van der Waals surface area contributed by atoms with Crippen molar-refractivity contribution >= 4 is 17.6 Å². The SMILES string of the molecule is N#Cc1c(N)nc(SCc2ccccc2)c(C#N)c1-c1ccc(OCc2ccccc2)cc1. The molecule has 4 rings (SSSR count). The minimum atomic E-state index is 0.117. The van der Waals surface area contributed by atoms with Crippen LogP contribution in [0, 0.1) is 22.7 Å². The molecule has 160 valence electrons. The number of nitrogen functional groups attached to an aromatic ring is 1. The zero-order valence-electron chi connectivity index (χ0n) is 17.7. The van der Waals surface area contributed by atoms with Gasteiger partial charge in [0.1, 0.15) is 40.9 Å². The van der Waals surface area contributed by atoms with Crippen molar-refractivity contribution in [3.05, 3.63) is 107 Å². The topological polar surface area (TPSA) is 95.7 Å². The maximum absolute atomic E-state index is 9.96. The van der Waals surface area contributed by atoms with Crippen LogP contribution in [0.15, 0.2) is 90.0 Å². The first-order valence-electron chi connectivity index (χ1n) is 10.3. The monoisotopic (exact) mass is 448 g/mol. The van der Waals surface area contributed by atoms with E-state index in [1.54, 1.807) is 0 Å². The number of pyridine rings is 1. The Bertz CT molecular complexity index is 1330. The Hall–Kier alpha value is -4.26. The van der Waals surface area contributed by atoms with Crippen LogP contribution >= 0.6 is 11.8 Å². The van der Waals surface area contributed by atoms with E-state index in [1.807, 2.05) is 84.9 Å². The summed E-state index contributed by atoms with van der Waals surface area (Å²) >= 11 is 1.43. The van der Waals surface area contributed by atoms with Crippen molar-refractivity contribution in [3.63, 3.8) is 0 Å². The normalized spacial score (nSPS) is 10.2. The number of hydrogen-bond acceptors (Lipinski definition) is 6. The lowest BCUT2D eigenvalue weighted by atomic mass is 9.97. The number of anilines is 1. The van der Waals surface area contributed by atoms with Gasteiger partial charge in [0.05, 0.1) is 5.56 Å². The third-order valence-corrected chi connectivity index (χ3v) is 6.07. The van der Waals surface area contributed by atoms with Crippen molar-refractivity contribution in [1.29, 1.82) is 10.5 Å². The largest absolute Gasteiger partial charge is 0.489 e. The summed E-state index contributed by atoms with van der Waals surface area (Å²) in [5.74, 6) is 1.45. The first-order chi connectivity index (χ1) is 16.2. The molecule has 0 amide bonds. The van der Waals surface area contributed by atoms with Crippen LogP contribution in [0.5, 0.6) is 5.75 Å². The van der Waals surface area contributed by atoms with E-state index in [0.29, 0.717) is 39.8 Å². The number of thioether (sulfide) groups is 1. The number of nitrogens with two attached hydrogens (primary N) is 1. The molecule has 0 aliphatic heterocycles. The van der Waals surface area contributed by atoms with Crippen LogP contribution in [-0.4, -0.2) is 4.98 Å². The van der Waals surface area contributed by atoms with E-state index in [4.69, 9.17) is 10.5 Å². The van der Waals surface area contributed by atoms with Gasteiger partial charge in [0.25, 0.3) is 0 Å². The second-order valence-electron chi connectivity index (χ2n) is 7.22. The van der Waals surface area contributed by atoms with Gasteiger partial charge in [-0.1, -0.05) is 72.8 Å². The fourth-order valence-electron chi connectivity index (χ4n) is 3.38. The van der Waals surface area contributed by atoms with E-state index < -0.39 is 0 Å². The molecule has 0 fully saturated rings. The molecule has 0 saturated heterocycles. The highest BCUT2D eigenvalue weighted by molar-refractivity contribution is 7.98. The maximum Gasteiger partial charge on any atom is 0.143 e. The summed E-state index contributed by atoms with van der Waals surface area (Å²) < 4.78 is 5.86. The third kappa shape index (κ3) is 5.15. The summed E-state index contributed by atoms with van der Waals surface area (Å²) in [6.45, 7) is 0.454. The van der Waals surface area contributed by atoms with Crippen LogP contribution in [0.1, 0.15) is 22.3 Å². The number of aromatic nitrogens is 1. The van der Waals surface area contributed by atoms with Crippen LogP contribution < -0.4 is 10.5 Å². The van der Waals surface area contributed by atoms with Crippen molar-refractivity contribution < 1.29 is 4.74 Å². The minimum Gasteiger partial charge on any atom is -0.489 e. The Balaban J connectivity index is 1.63. The van der Waals surface area contributed by atoms with Crippen LogP contribution in [-0.2, 0) is 12.4 Å². The maximum atomic E-state index is 9.96. The van der Waals surface area contributed by atoms with Crippen molar-refractivity contribution in [2.45, 2.75) is 17.4 Å². The lowest BCUT2D eigenvalue weighted by molar-refractivity contribution is 0.306. The average molecular weight is 449 g/mol. The molecule has 0 aliphatic rings. The second kappa shape index (κ2) is 10.4. The molecule has 5 nitrogen and oxygen atoms in total. The van der Waals surface area contributed by atoms with Gasteiger partial charge in [-0.25, -0.2) is 4.98 Å². The van der Waals surface area contributed by atoms with E-state index >= 15 is 0 Å². The van der Waals surface area contributed by atoms with Crippen molar-refractivity contribution in [3.8, 4) is 29.0 Å². The summed E-state index contributed by atoms with van der Waals surface area (Å²) in [4.78, 5) is 4.37. The third-order valence-electron chi connectivity index (χ3n) is 5.03. The number of nitriles is 2. The summed E-state index contributed by atoms with van der Waals surface area (Å²) in [5.41, 5.74) is 10.1. The molecule has 1 aromatic heterocycles. The predicted octanol–water partition coefficient (Wildman–Crippen LogP) is 5.95. The standard InChI is InChI=1S/C27H20N4OS/c28-15-23-25(21-11-13-22(14-12-21)32-17-19-7-3-1-4-8-19)24(16-29)27(31-26(23)30)33-18-20-9-5-2-6-10-20/h1-14H,17-18H2,(H2,30,31). The van der Waals surface area contributed by atoms with E-state index in [9.17, 15) is 10.5 Å². The summed E-state index contributed by atoms with van der Waals surface area (Å²) in [7, 11) is 0. The minimum absolute atomic E-state index is 0.117. The van der Waals surface area contributed by atoms with Gasteiger partial charge in [-0.3, -0.25) is 0 Å². The molecule has 33 heavy (non-hydrogen) atoms. The second-order valence-corrected chi connectivity index (χ2v) is 8.19. The quantitative estimate of drug-likeness (QED) is 0.351. The van der Waals surface area contributed by atoms with Gasteiger partial charge in [-0.15, -0.1) is 11.8 Å². The Labute approximate surface area is 197 Å². The molecule has 0 bridgehead atoms. The first-order valence-corrected chi connectivity index (χ1v) is 11.3. The summed E-state index contributed by atoms with van der Waals surface area (Å²) in [5, 5.41) is 20.2. The fraction of sp³-hybridized carbons (Fsp3) is 0.0741. The van der Waals surface area contributed by atoms with Gasteiger partial charge in [-0.05, 0) is 28.8 Å². The highest BCUT2D eigenvalue weighted by atomic mass is 32.2. The Morgan fingerprint density at radius 2 is 1.39 bits per heavy atom. The molecule has 1 heterocycles. The average Bonchev–Trinajstić information content (AvgIpc) is 2.87. The number of ether oxygens (including phenoxy) is 1. The molecule has 0 radical (unpaired) electrons. The van der Waals surface area contributed by atoms with Crippen LogP contribution in [0.3, 0.4) is 0 Å². The van der Waals surface area contributed by atoms with Gasteiger partial charge in [0, 0.05) is 11.3 Å². The Kier molecular flexibility index (Phi) is 6.90. The summed E-state index contributed by atoms with van der Waals surface area (Å²) in [6, 6.07) is 31.5. The number of nitrogens with zero attached hydrogens (tertiary/aromatic N) is 3. The van der Waals surface area contributed by atoms with Crippen molar-refractivity contribution in [2.24, 2.45) is 0 Å². The van der Waals surface area contributed by atoms with E-state index in [2.05, 4.69) is 17.1 Å². The van der Waals surface area contributed by atoms with E-state index in [-0.39, 0.29) is 11.4 Å². The van der Waals surface area contributed by atoms with Crippen LogP contribution in [0.2, 0.25) is 0 Å². The fourth-order valence-corrected chi connectivity index (χ4v) is 4.33. The molecule has 0 unspecified atom stereocenters. The van der Waals surface area contributed by atoms with Crippen LogP contribution in [0.4, 0.5) is 5.82 Å². The highest BCUT2D eigenvalue weighted by Gasteiger charge is 2.20. The molecule has 0 saturated carbocycles. The zero-order chi connectivity index (χ0) is 23.0. The van der Waals surface area contributed by atoms with Gasteiger partial charge >= 0.3 is 0 Å². The smallest absolute Gasteiger partial charge is 0.143 e. The highest BCUT2D eigenvalue weighted by Crippen LogP contribution is 2.37. The van der Waals surface area contributed by atoms with Gasteiger partial charge in [0.2, 0.25) is 0 Å². The lowest BCUT2D eigenvalue weighted by Gasteiger charge is -2.14. The van der Waals surface area contributed by atoms with Crippen LogP contribution in [0.25, 0.3) is 11.1 Å². The number of rotatable bonds is 7. The number of benzene rings is 3. The molecule has 3 aromatic carbocycles. The first kappa shape index (κ1) is 22.0. The molecular formula is C27H20N4OS. The molecular weight excluding hydrogens is 428 g/mol. The lowest BCUT2D eigenvalue weighted by Crippen LogP contribution is -2.03. The molecule has 0 atom stereocenters. The van der Waals surface area contributed by atoms with E-state index in [0.717, 1.165) is 11.1 Å². The molecule has 4 aromatic rings. The molecule has 0 spiro atoms. The van der Waals surface area contributed by atoms with Crippen molar-refractivity contribution in [1.82, 2.24) is 4.98 Å².